The van der Waals surface area contributed by atoms with Crippen molar-refractivity contribution in [3.8, 4) is 11.3 Å². The summed E-state index contributed by atoms with van der Waals surface area (Å²) in [5, 5.41) is 8.63. The number of aryl methyl sites for hydroxylation is 2. The topological polar surface area (TPSA) is 77.1 Å². The average Bonchev–Trinajstić information content (AvgIpc) is 3.25. The summed E-state index contributed by atoms with van der Waals surface area (Å²) < 4.78 is 6.87. The molecule has 3 aromatic heterocycles. The van der Waals surface area contributed by atoms with E-state index in [4.69, 9.17) is 4.52 Å². The zero-order valence-corrected chi connectivity index (χ0v) is 15.6. The molecule has 1 fully saturated rings. The molecule has 0 radical (unpaired) electrons. The molecule has 27 heavy (non-hydrogen) atoms. The zero-order valence-electron chi connectivity index (χ0n) is 15.6. The summed E-state index contributed by atoms with van der Waals surface area (Å²) in [6.45, 7) is 6.30. The first-order valence-electron chi connectivity index (χ1n) is 9.26. The van der Waals surface area contributed by atoms with Gasteiger partial charge in [0.2, 0.25) is 0 Å². The molecular weight excluding hydrogens is 342 g/mol. The second-order valence-corrected chi connectivity index (χ2v) is 7.05. The molecule has 4 heterocycles. The lowest BCUT2D eigenvalue weighted by Gasteiger charge is -2.24. The van der Waals surface area contributed by atoms with Gasteiger partial charge in [-0.2, -0.15) is 5.10 Å². The molecule has 0 amide bonds. The lowest BCUT2D eigenvalue weighted by molar-refractivity contribution is 0.215. The van der Waals surface area contributed by atoms with E-state index in [-0.39, 0.29) is 11.6 Å². The van der Waals surface area contributed by atoms with Gasteiger partial charge in [0.25, 0.3) is 5.56 Å². The third-order valence-electron chi connectivity index (χ3n) is 5.25. The van der Waals surface area contributed by atoms with Crippen LogP contribution in [0.2, 0.25) is 0 Å². The smallest absolute Gasteiger partial charge is 0.266 e. The number of nitrogens with zero attached hydrogens (tertiary/aromatic N) is 5. The molecule has 0 saturated carbocycles. The van der Waals surface area contributed by atoms with Crippen LogP contribution in [0, 0.1) is 13.8 Å². The quantitative estimate of drug-likeness (QED) is 0.692. The Morgan fingerprint density at radius 2 is 2.15 bits per heavy atom. The highest BCUT2D eigenvalue weighted by molar-refractivity contribution is 5.56. The summed E-state index contributed by atoms with van der Waals surface area (Å²) in [4.78, 5) is 18.9. The molecule has 4 rings (SSSR count). The maximum Gasteiger partial charge on any atom is 0.266 e. The Bertz CT molecular complexity index is 960. The predicted molar refractivity (Wildman–Crippen MR) is 101 cm³/mol. The van der Waals surface area contributed by atoms with Gasteiger partial charge in [-0.05, 0) is 51.4 Å². The van der Waals surface area contributed by atoms with Crippen LogP contribution in [0.4, 0.5) is 0 Å². The van der Waals surface area contributed by atoms with Crippen LogP contribution in [0.25, 0.3) is 11.3 Å². The summed E-state index contributed by atoms with van der Waals surface area (Å²) in [6.07, 6.45) is 5.65. The van der Waals surface area contributed by atoms with E-state index in [1.807, 2.05) is 26.0 Å². The second kappa shape index (κ2) is 7.44. The van der Waals surface area contributed by atoms with E-state index in [0.29, 0.717) is 6.54 Å². The third kappa shape index (κ3) is 3.68. The predicted octanol–water partition coefficient (Wildman–Crippen LogP) is 2.57. The van der Waals surface area contributed by atoms with Gasteiger partial charge in [-0.25, -0.2) is 4.68 Å². The summed E-state index contributed by atoms with van der Waals surface area (Å²) in [5.41, 5.74) is 3.67. The Kier molecular flexibility index (Phi) is 4.85. The number of hydrogen-bond donors (Lipinski definition) is 0. The average molecular weight is 365 g/mol. The van der Waals surface area contributed by atoms with Crippen LogP contribution in [0.1, 0.15) is 29.9 Å². The highest BCUT2D eigenvalue weighted by atomic mass is 16.5. The van der Waals surface area contributed by atoms with Crippen LogP contribution < -0.4 is 5.56 Å². The highest BCUT2D eigenvalue weighted by Crippen LogP contribution is 2.24. The van der Waals surface area contributed by atoms with Crippen molar-refractivity contribution in [2.24, 2.45) is 0 Å². The number of likely N-dealkylation sites (tertiary alicyclic amines) is 1. The van der Waals surface area contributed by atoms with Gasteiger partial charge in [0, 0.05) is 42.2 Å². The van der Waals surface area contributed by atoms with Crippen LogP contribution in [0.15, 0.2) is 46.0 Å². The van der Waals surface area contributed by atoms with Crippen LogP contribution in [-0.2, 0) is 13.1 Å². The SMILES string of the molecule is Cc1noc(C)c1CN1CCCC1Cn1nc(-c2cccnc2)ccc1=O. The van der Waals surface area contributed by atoms with E-state index in [2.05, 4.69) is 20.1 Å². The fraction of sp³-hybridized carbons (Fsp3) is 0.400. The molecule has 0 spiro atoms. The number of rotatable bonds is 5. The van der Waals surface area contributed by atoms with E-state index in [0.717, 1.165) is 54.2 Å². The van der Waals surface area contributed by atoms with Gasteiger partial charge in [0.15, 0.2) is 0 Å². The molecule has 3 aromatic rings. The fourth-order valence-corrected chi connectivity index (χ4v) is 3.69. The van der Waals surface area contributed by atoms with Crippen LogP contribution >= 0.6 is 0 Å². The number of hydrogen-bond acceptors (Lipinski definition) is 6. The molecule has 140 valence electrons. The van der Waals surface area contributed by atoms with Gasteiger partial charge >= 0.3 is 0 Å². The standard InChI is InChI=1S/C20H23N5O2/c1-14-18(15(2)27-23-14)13-24-10-4-6-17(24)12-25-20(26)8-7-19(22-25)16-5-3-9-21-11-16/h3,5,7-9,11,17H,4,6,10,12-13H2,1-2H3. The molecule has 1 unspecified atom stereocenters. The summed E-state index contributed by atoms with van der Waals surface area (Å²) in [5.74, 6) is 0.868. The zero-order chi connectivity index (χ0) is 18.8. The van der Waals surface area contributed by atoms with Crippen molar-refractivity contribution in [1.82, 2.24) is 24.8 Å². The van der Waals surface area contributed by atoms with Crippen molar-refractivity contribution in [3.63, 3.8) is 0 Å². The molecule has 1 saturated heterocycles. The first kappa shape index (κ1) is 17.6. The Labute approximate surface area is 157 Å². The lowest BCUT2D eigenvalue weighted by Crippen LogP contribution is -2.36. The van der Waals surface area contributed by atoms with Crippen molar-refractivity contribution < 1.29 is 4.52 Å². The third-order valence-corrected chi connectivity index (χ3v) is 5.25. The Morgan fingerprint density at radius 3 is 2.89 bits per heavy atom. The van der Waals surface area contributed by atoms with Crippen molar-refractivity contribution in [2.75, 3.05) is 6.54 Å². The lowest BCUT2D eigenvalue weighted by atomic mass is 10.1. The minimum atomic E-state index is -0.0770. The molecule has 0 aliphatic carbocycles. The normalized spacial score (nSPS) is 17.5. The van der Waals surface area contributed by atoms with Crippen molar-refractivity contribution >= 4 is 0 Å². The summed E-state index contributed by atoms with van der Waals surface area (Å²) in [6, 6.07) is 7.43. The van der Waals surface area contributed by atoms with Crippen molar-refractivity contribution in [1.29, 1.82) is 0 Å². The van der Waals surface area contributed by atoms with Crippen LogP contribution in [-0.4, -0.2) is 37.4 Å². The molecule has 1 aliphatic heterocycles. The molecule has 0 aromatic carbocycles. The van der Waals surface area contributed by atoms with Crippen LogP contribution in [0.3, 0.4) is 0 Å². The minimum Gasteiger partial charge on any atom is -0.361 e. The van der Waals surface area contributed by atoms with Gasteiger partial charge in [0.1, 0.15) is 5.76 Å². The van der Waals surface area contributed by atoms with E-state index in [9.17, 15) is 4.79 Å². The monoisotopic (exact) mass is 365 g/mol. The van der Waals surface area contributed by atoms with Crippen molar-refractivity contribution in [3.05, 3.63) is 64.0 Å². The van der Waals surface area contributed by atoms with E-state index >= 15 is 0 Å². The first-order valence-corrected chi connectivity index (χ1v) is 9.26. The van der Waals surface area contributed by atoms with E-state index < -0.39 is 0 Å². The molecule has 0 bridgehead atoms. The van der Waals surface area contributed by atoms with Gasteiger partial charge in [-0.1, -0.05) is 5.16 Å². The van der Waals surface area contributed by atoms with Crippen molar-refractivity contribution in [2.45, 2.75) is 45.8 Å². The van der Waals surface area contributed by atoms with Gasteiger partial charge < -0.3 is 4.52 Å². The molecule has 0 N–H and O–H groups in total. The molecular formula is C20H23N5O2. The van der Waals surface area contributed by atoms with Crippen LogP contribution in [0.5, 0.6) is 0 Å². The Morgan fingerprint density at radius 1 is 1.26 bits per heavy atom. The van der Waals surface area contributed by atoms with Gasteiger partial charge in [-0.15, -0.1) is 0 Å². The fourth-order valence-electron chi connectivity index (χ4n) is 3.69. The molecule has 1 aliphatic rings. The maximum atomic E-state index is 12.4. The van der Waals surface area contributed by atoms with E-state index in [1.54, 1.807) is 29.2 Å². The van der Waals surface area contributed by atoms with E-state index in [1.165, 1.54) is 0 Å². The first-order chi connectivity index (χ1) is 13.1. The number of aromatic nitrogens is 4. The highest BCUT2D eigenvalue weighted by Gasteiger charge is 2.27. The Balaban J connectivity index is 1.55. The summed E-state index contributed by atoms with van der Waals surface area (Å²) >= 11 is 0. The molecule has 1 atom stereocenters. The van der Waals surface area contributed by atoms with Gasteiger partial charge in [0.05, 0.1) is 17.9 Å². The molecule has 7 heteroatoms. The minimum absolute atomic E-state index is 0.0770. The second-order valence-electron chi connectivity index (χ2n) is 7.05. The maximum absolute atomic E-state index is 12.4. The largest absolute Gasteiger partial charge is 0.361 e. The number of pyridine rings is 1. The Hall–Kier alpha value is -2.80. The molecule has 7 nitrogen and oxygen atoms in total. The summed E-state index contributed by atoms with van der Waals surface area (Å²) in [7, 11) is 0. The van der Waals surface area contributed by atoms with Gasteiger partial charge in [-0.3, -0.25) is 14.7 Å².